The summed E-state index contributed by atoms with van der Waals surface area (Å²) < 4.78 is 0. The predicted octanol–water partition coefficient (Wildman–Crippen LogP) is 12.8. The number of aliphatic hydroxyl groups excluding tert-OH is 2. The zero-order valence-corrected chi connectivity index (χ0v) is 31.8. The second kappa shape index (κ2) is 39.3. The van der Waals surface area contributed by atoms with Crippen LogP contribution in [0.5, 0.6) is 0 Å². The molecule has 0 aliphatic carbocycles. The van der Waals surface area contributed by atoms with Crippen LogP contribution in [0.3, 0.4) is 0 Å². The van der Waals surface area contributed by atoms with E-state index in [9.17, 15) is 15.0 Å². The number of carbonyl (C=O) groups excluding carboxylic acids is 1. The van der Waals surface area contributed by atoms with E-state index in [0.29, 0.717) is 6.42 Å². The number of aliphatic hydroxyl groups is 2. The van der Waals surface area contributed by atoms with E-state index in [1.54, 1.807) is 6.08 Å². The van der Waals surface area contributed by atoms with Crippen LogP contribution in [0.15, 0.2) is 24.3 Å². The standard InChI is InChI=1S/C43H83NO3/c1-3-5-7-9-11-13-15-16-17-18-19-20-21-22-23-24-25-26-27-28-29-31-33-35-37-39-43(47)44-41(40-45)42(46)38-36-34-32-30-14-12-10-8-6-4-2/h18-19,36,38,41-42,45-46H,3-17,20-35,37,39-40H2,1-2H3,(H,44,47)/b19-18-,38-36+. The van der Waals surface area contributed by atoms with Crippen molar-refractivity contribution in [3.63, 3.8) is 0 Å². The first kappa shape index (κ1) is 45.9. The van der Waals surface area contributed by atoms with Crippen molar-refractivity contribution in [2.24, 2.45) is 0 Å². The minimum atomic E-state index is -0.834. The van der Waals surface area contributed by atoms with Gasteiger partial charge in [-0.15, -0.1) is 0 Å². The summed E-state index contributed by atoms with van der Waals surface area (Å²) in [5.41, 5.74) is 0. The average Bonchev–Trinajstić information content (AvgIpc) is 3.07. The van der Waals surface area contributed by atoms with Crippen molar-refractivity contribution in [2.75, 3.05) is 6.61 Å². The van der Waals surface area contributed by atoms with Crippen molar-refractivity contribution in [2.45, 2.75) is 238 Å². The van der Waals surface area contributed by atoms with Crippen LogP contribution in [0.1, 0.15) is 226 Å². The quantitative estimate of drug-likeness (QED) is 0.0455. The number of unbranched alkanes of at least 4 members (excludes halogenated alkanes) is 29. The summed E-state index contributed by atoms with van der Waals surface area (Å²) in [6.45, 7) is 4.29. The van der Waals surface area contributed by atoms with E-state index in [4.69, 9.17) is 0 Å². The van der Waals surface area contributed by atoms with Crippen LogP contribution in [-0.4, -0.2) is 34.9 Å². The number of amides is 1. The number of rotatable bonds is 38. The third kappa shape index (κ3) is 36.0. The minimum Gasteiger partial charge on any atom is -0.394 e. The van der Waals surface area contributed by atoms with Crippen molar-refractivity contribution in [3.8, 4) is 0 Å². The van der Waals surface area contributed by atoms with Crippen LogP contribution in [0, 0.1) is 0 Å². The highest BCUT2D eigenvalue weighted by molar-refractivity contribution is 5.76. The van der Waals surface area contributed by atoms with Gasteiger partial charge in [0.1, 0.15) is 0 Å². The second-order valence-electron chi connectivity index (χ2n) is 14.4. The zero-order chi connectivity index (χ0) is 34.3. The molecule has 0 radical (unpaired) electrons. The molecule has 0 bridgehead atoms. The molecule has 4 nitrogen and oxygen atoms in total. The zero-order valence-electron chi connectivity index (χ0n) is 31.8. The Morgan fingerprint density at radius 3 is 1.17 bits per heavy atom. The molecule has 2 atom stereocenters. The summed E-state index contributed by atoms with van der Waals surface area (Å²) in [6.07, 6.45) is 50.0. The van der Waals surface area contributed by atoms with Crippen LogP contribution in [-0.2, 0) is 4.79 Å². The molecule has 4 heteroatoms. The van der Waals surface area contributed by atoms with E-state index >= 15 is 0 Å². The van der Waals surface area contributed by atoms with Gasteiger partial charge in [-0.1, -0.05) is 199 Å². The average molecular weight is 662 g/mol. The molecule has 1 amide bonds. The van der Waals surface area contributed by atoms with Gasteiger partial charge in [0.2, 0.25) is 5.91 Å². The summed E-state index contributed by atoms with van der Waals surface area (Å²) >= 11 is 0. The van der Waals surface area contributed by atoms with Gasteiger partial charge < -0.3 is 15.5 Å². The lowest BCUT2D eigenvalue weighted by Gasteiger charge is -2.20. The van der Waals surface area contributed by atoms with Crippen molar-refractivity contribution in [1.29, 1.82) is 0 Å². The van der Waals surface area contributed by atoms with E-state index in [0.717, 1.165) is 25.7 Å². The molecule has 0 heterocycles. The van der Waals surface area contributed by atoms with Crippen LogP contribution < -0.4 is 5.32 Å². The maximum atomic E-state index is 12.3. The van der Waals surface area contributed by atoms with E-state index < -0.39 is 12.1 Å². The lowest BCUT2D eigenvalue weighted by Crippen LogP contribution is -2.45. The molecule has 278 valence electrons. The molecule has 0 rings (SSSR count). The normalized spacial score (nSPS) is 13.2. The van der Waals surface area contributed by atoms with Gasteiger partial charge in [-0.2, -0.15) is 0 Å². The number of allylic oxidation sites excluding steroid dienone is 3. The van der Waals surface area contributed by atoms with Gasteiger partial charge in [0.05, 0.1) is 18.8 Å². The highest BCUT2D eigenvalue weighted by Gasteiger charge is 2.17. The van der Waals surface area contributed by atoms with Gasteiger partial charge in [-0.05, 0) is 44.9 Å². The number of hydrogen-bond donors (Lipinski definition) is 3. The highest BCUT2D eigenvalue weighted by atomic mass is 16.3. The van der Waals surface area contributed by atoms with E-state index in [2.05, 4.69) is 31.3 Å². The minimum absolute atomic E-state index is 0.0647. The van der Waals surface area contributed by atoms with Crippen LogP contribution in [0.25, 0.3) is 0 Å². The Morgan fingerprint density at radius 1 is 0.489 bits per heavy atom. The Morgan fingerprint density at radius 2 is 0.809 bits per heavy atom. The number of carbonyl (C=O) groups is 1. The van der Waals surface area contributed by atoms with Gasteiger partial charge in [-0.3, -0.25) is 4.79 Å². The van der Waals surface area contributed by atoms with Gasteiger partial charge in [0, 0.05) is 6.42 Å². The molecule has 0 aromatic heterocycles. The maximum Gasteiger partial charge on any atom is 0.220 e. The van der Waals surface area contributed by atoms with Crippen molar-refractivity contribution in [1.82, 2.24) is 5.32 Å². The van der Waals surface area contributed by atoms with Gasteiger partial charge >= 0.3 is 0 Å². The second-order valence-corrected chi connectivity index (χ2v) is 14.4. The largest absolute Gasteiger partial charge is 0.394 e. The molecular formula is C43H83NO3. The molecule has 0 saturated heterocycles. The summed E-state index contributed by atoms with van der Waals surface area (Å²) in [6, 6.07) is -0.617. The lowest BCUT2D eigenvalue weighted by atomic mass is 10.0. The fraction of sp³-hybridized carbons (Fsp3) is 0.884. The topological polar surface area (TPSA) is 69.6 Å². The van der Waals surface area contributed by atoms with E-state index in [1.807, 2.05) is 6.08 Å². The van der Waals surface area contributed by atoms with Crippen molar-refractivity contribution in [3.05, 3.63) is 24.3 Å². The first-order chi connectivity index (χ1) is 23.2. The number of hydrogen-bond acceptors (Lipinski definition) is 3. The SMILES string of the molecule is CCCCCCCCCC/C=C\CCCCCCCCCCCCCCCC(=O)NC(CO)C(O)/C=C/CCCCCCCCCC. The molecule has 0 aliphatic heterocycles. The molecule has 0 aliphatic rings. The van der Waals surface area contributed by atoms with E-state index in [1.165, 1.54) is 180 Å². The smallest absolute Gasteiger partial charge is 0.220 e. The fourth-order valence-corrected chi connectivity index (χ4v) is 6.41. The first-order valence-electron chi connectivity index (χ1n) is 21.1. The Kier molecular flexibility index (Phi) is 38.4. The monoisotopic (exact) mass is 662 g/mol. The highest BCUT2D eigenvalue weighted by Crippen LogP contribution is 2.15. The molecule has 47 heavy (non-hydrogen) atoms. The first-order valence-corrected chi connectivity index (χ1v) is 21.1. The van der Waals surface area contributed by atoms with Crippen molar-refractivity contribution < 1.29 is 15.0 Å². The van der Waals surface area contributed by atoms with Gasteiger partial charge in [0.15, 0.2) is 0 Å². The molecule has 0 fully saturated rings. The molecule has 0 saturated carbocycles. The Balaban J connectivity index is 3.48. The third-order valence-corrected chi connectivity index (χ3v) is 9.68. The van der Waals surface area contributed by atoms with Crippen LogP contribution in [0.2, 0.25) is 0 Å². The molecule has 0 spiro atoms. The Labute approximate surface area is 294 Å². The molecule has 3 N–H and O–H groups in total. The Bertz CT molecular complexity index is 676. The van der Waals surface area contributed by atoms with E-state index in [-0.39, 0.29) is 12.5 Å². The molecule has 0 aromatic carbocycles. The molecular weight excluding hydrogens is 578 g/mol. The van der Waals surface area contributed by atoms with Crippen LogP contribution >= 0.6 is 0 Å². The summed E-state index contributed by atoms with van der Waals surface area (Å²) in [5, 5.41) is 22.9. The van der Waals surface area contributed by atoms with Gasteiger partial charge in [-0.25, -0.2) is 0 Å². The van der Waals surface area contributed by atoms with Crippen LogP contribution in [0.4, 0.5) is 0 Å². The number of nitrogens with one attached hydrogen (secondary N) is 1. The fourth-order valence-electron chi connectivity index (χ4n) is 6.41. The van der Waals surface area contributed by atoms with Gasteiger partial charge in [0.25, 0.3) is 0 Å². The lowest BCUT2D eigenvalue weighted by molar-refractivity contribution is -0.123. The summed E-state index contributed by atoms with van der Waals surface area (Å²) in [5.74, 6) is -0.0647. The molecule has 0 aromatic rings. The van der Waals surface area contributed by atoms with Crippen molar-refractivity contribution >= 4 is 5.91 Å². The summed E-state index contributed by atoms with van der Waals surface area (Å²) in [7, 11) is 0. The Hall–Kier alpha value is -1.13. The predicted molar refractivity (Wildman–Crippen MR) is 207 cm³/mol. The third-order valence-electron chi connectivity index (χ3n) is 9.68. The molecule has 2 unspecified atom stereocenters. The maximum absolute atomic E-state index is 12.3. The summed E-state index contributed by atoms with van der Waals surface area (Å²) in [4.78, 5) is 12.3.